The molecule has 0 bridgehead atoms. The highest BCUT2D eigenvalue weighted by Gasteiger charge is 2.31. The molecule has 1 aromatic carbocycles. The van der Waals surface area contributed by atoms with E-state index in [4.69, 9.17) is 0 Å². The highest BCUT2D eigenvalue weighted by atomic mass is 19.4. The van der Waals surface area contributed by atoms with Gasteiger partial charge in [-0.3, -0.25) is 19.4 Å². The van der Waals surface area contributed by atoms with Gasteiger partial charge in [-0.1, -0.05) is 0 Å². The third-order valence-electron chi connectivity index (χ3n) is 4.73. The van der Waals surface area contributed by atoms with Gasteiger partial charge in [0.1, 0.15) is 5.75 Å². The second kappa shape index (κ2) is 9.93. The minimum atomic E-state index is -4.75. The lowest BCUT2D eigenvalue weighted by Crippen LogP contribution is -2.51. The molecule has 0 aromatic heterocycles. The average molecular weight is 416 g/mol. The number of piperazine rings is 1. The number of hydrogen-bond acceptors (Lipinski definition) is 5. The van der Waals surface area contributed by atoms with Crippen molar-refractivity contribution in [3.63, 3.8) is 0 Å². The molecule has 1 saturated heterocycles. The summed E-state index contributed by atoms with van der Waals surface area (Å²) in [5, 5.41) is 2.66. The van der Waals surface area contributed by atoms with E-state index in [0.29, 0.717) is 38.4 Å². The SMILES string of the molecule is CC(C)N(C)C(=O)CN1CCN(CC(=O)Nc2ccc(OC(F)(F)F)cc2)CC1. The van der Waals surface area contributed by atoms with Crippen molar-refractivity contribution in [2.24, 2.45) is 0 Å². The number of hydrogen-bond donors (Lipinski definition) is 1. The Morgan fingerprint density at radius 2 is 1.59 bits per heavy atom. The summed E-state index contributed by atoms with van der Waals surface area (Å²) < 4.78 is 40.3. The van der Waals surface area contributed by atoms with Crippen LogP contribution >= 0.6 is 0 Å². The van der Waals surface area contributed by atoms with Gasteiger partial charge in [-0.05, 0) is 38.1 Å². The van der Waals surface area contributed by atoms with Gasteiger partial charge in [0.15, 0.2) is 0 Å². The van der Waals surface area contributed by atoms with Crippen LogP contribution in [0.15, 0.2) is 24.3 Å². The van der Waals surface area contributed by atoms with Gasteiger partial charge < -0.3 is 15.0 Å². The van der Waals surface area contributed by atoms with E-state index >= 15 is 0 Å². The zero-order chi connectivity index (χ0) is 21.6. The van der Waals surface area contributed by atoms with E-state index in [1.54, 1.807) is 11.9 Å². The maximum atomic E-state index is 12.2. The molecule has 0 radical (unpaired) electrons. The fourth-order valence-electron chi connectivity index (χ4n) is 2.84. The Morgan fingerprint density at radius 1 is 1.07 bits per heavy atom. The third kappa shape index (κ3) is 7.90. The van der Waals surface area contributed by atoms with E-state index in [2.05, 4.69) is 15.0 Å². The minimum absolute atomic E-state index is 0.0733. The number of benzene rings is 1. The average Bonchev–Trinajstić information content (AvgIpc) is 2.63. The molecule has 0 aliphatic carbocycles. The second-order valence-electron chi connectivity index (χ2n) is 7.27. The second-order valence-corrected chi connectivity index (χ2v) is 7.27. The van der Waals surface area contributed by atoms with Gasteiger partial charge in [-0.2, -0.15) is 0 Å². The molecule has 1 heterocycles. The molecule has 162 valence electrons. The molecular formula is C19H27F3N4O3. The highest BCUT2D eigenvalue weighted by molar-refractivity contribution is 5.92. The van der Waals surface area contributed by atoms with Crippen molar-refractivity contribution in [3.8, 4) is 5.75 Å². The molecule has 1 aliphatic heterocycles. The Bertz CT molecular complexity index is 687. The Labute approximate surface area is 168 Å². The molecule has 0 spiro atoms. The molecule has 2 rings (SSSR count). The van der Waals surface area contributed by atoms with Crippen molar-refractivity contribution in [3.05, 3.63) is 24.3 Å². The summed E-state index contributed by atoms with van der Waals surface area (Å²) in [4.78, 5) is 30.1. The zero-order valence-corrected chi connectivity index (χ0v) is 16.8. The number of amides is 2. The van der Waals surface area contributed by atoms with Crippen LogP contribution in [0.25, 0.3) is 0 Å². The fourth-order valence-corrected chi connectivity index (χ4v) is 2.84. The number of nitrogens with zero attached hydrogens (tertiary/aromatic N) is 3. The molecule has 29 heavy (non-hydrogen) atoms. The topological polar surface area (TPSA) is 65.1 Å². The van der Waals surface area contributed by atoms with Crippen molar-refractivity contribution >= 4 is 17.5 Å². The number of anilines is 1. The molecule has 1 fully saturated rings. The fraction of sp³-hybridized carbons (Fsp3) is 0.579. The molecule has 10 heteroatoms. The summed E-state index contributed by atoms with van der Waals surface area (Å²) in [5.41, 5.74) is 0.394. The molecule has 1 aromatic rings. The summed E-state index contributed by atoms with van der Waals surface area (Å²) in [7, 11) is 1.79. The van der Waals surface area contributed by atoms with E-state index in [0.717, 1.165) is 12.1 Å². The number of likely N-dealkylation sites (N-methyl/N-ethyl adjacent to an activating group) is 1. The lowest BCUT2D eigenvalue weighted by molar-refractivity contribution is -0.274. The van der Waals surface area contributed by atoms with Crippen molar-refractivity contribution < 1.29 is 27.5 Å². The van der Waals surface area contributed by atoms with E-state index in [1.165, 1.54) is 12.1 Å². The van der Waals surface area contributed by atoms with Crippen LogP contribution < -0.4 is 10.1 Å². The maximum absolute atomic E-state index is 12.2. The van der Waals surface area contributed by atoms with Crippen molar-refractivity contribution in [1.82, 2.24) is 14.7 Å². The lowest BCUT2D eigenvalue weighted by Gasteiger charge is -2.35. The number of carbonyl (C=O) groups is 2. The smallest absolute Gasteiger partial charge is 0.406 e. The first-order chi connectivity index (χ1) is 13.5. The van der Waals surface area contributed by atoms with Gasteiger partial charge in [0.05, 0.1) is 13.1 Å². The van der Waals surface area contributed by atoms with E-state index in [1.807, 2.05) is 18.7 Å². The lowest BCUT2D eigenvalue weighted by atomic mass is 10.2. The molecule has 2 amide bonds. The Morgan fingerprint density at radius 3 is 2.07 bits per heavy atom. The largest absolute Gasteiger partial charge is 0.573 e. The Hall–Kier alpha value is -2.33. The monoisotopic (exact) mass is 416 g/mol. The van der Waals surface area contributed by atoms with Gasteiger partial charge in [0.2, 0.25) is 11.8 Å². The summed E-state index contributed by atoms with van der Waals surface area (Å²) in [6, 6.07) is 5.16. The molecule has 0 saturated carbocycles. The van der Waals surface area contributed by atoms with E-state index in [9.17, 15) is 22.8 Å². The van der Waals surface area contributed by atoms with Crippen LogP contribution in [-0.2, 0) is 9.59 Å². The first-order valence-corrected chi connectivity index (χ1v) is 9.39. The zero-order valence-electron chi connectivity index (χ0n) is 16.8. The van der Waals surface area contributed by atoms with Crippen LogP contribution in [0.5, 0.6) is 5.75 Å². The third-order valence-corrected chi connectivity index (χ3v) is 4.73. The predicted octanol–water partition coefficient (Wildman–Crippen LogP) is 2.01. The molecule has 1 N–H and O–H groups in total. The van der Waals surface area contributed by atoms with Crippen molar-refractivity contribution in [2.75, 3.05) is 51.6 Å². The van der Waals surface area contributed by atoms with Gasteiger partial charge >= 0.3 is 6.36 Å². The van der Waals surface area contributed by atoms with Crippen LogP contribution in [0.3, 0.4) is 0 Å². The first-order valence-electron chi connectivity index (χ1n) is 9.39. The molecule has 1 aliphatic rings. The highest BCUT2D eigenvalue weighted by Crippen LogP contribution is 2.23. The number of carbonyl (C=O) groups excluding carboxylic acids is 2. The number of rotatable bonds is 7. The number of ether oxygens (including phenoxy) is 1. The van der Waals surface area contributed by atoms with Gasteiger partial charge in [0.25, 0.3) is 0 Å². The van der Waals surface area contributed by atoms with Crippen LogP contribution in [0, 0.1) is 0 Å². The summed E-state index contributed by atoms with van der Waals surface area (Å²) in [6.07, 6.45) is -4.75. The number of nitrogens with one attached hydrogen (secondary N) is 1. The minimum Gasteiger partial charge on any atom is -0.406 e. The van der Waals surface area contributed by atoms with Gasteiger partial charge in [0, 0.05) is 45.0 Å². The normalized spacial score (nSPS) is 16.0. The molecular weight excluding hydrogens is 389 g/mol. The van der Waals surface area contributed by atoms with Gasteiger partial charge in [-0.25, -0.2) is 0 Å². The summed E-state index contributed by atoms with van der Waals surface area (Å²) in [6.45, 7) is 7.16. The van der Waals surface area contributed by atoms with Crippen LogP contribution in [0.4, 0.5) is 18.9 Å². The van der Waals surface area contributed by atoms with Crippen LogP contribution in [0.1, 0.15) is 13.8 Å². The molecule has 0 atom stereocenters. The standard InChI is InChI=1S/C19H27F3N4O3/c1-14(2)24(3)18(28)13-26-10-8-25(9-11-26)12-17(27)23-15-4-6-16(7-5-15)29-19(20,21)22/h4-7,14H,8-13H2,1-3H3,(H,23,27). The Balaban J connectivity index is 1.73. The van der Waals surface area contributed by atoms with Crippen molar-refractivity contribution in [2.45, 2.75) is 26.3 Å². The summed E-state index contributed by atoms with van der Waals surface area (Å²) in [5.74, 6) is -0.521. The maximum Gasteiger partial charge on any atom is 0.573 e. The number of alkyl halides is 3. The Kier molecular flexibility index (Phi) is 7.86. The van der Waals surface area contributed by atoms with E-state index < -0.39 is 6.36 Å². The van der Waals surface area contributed by atoms with Crippen LogP contribution in [0.2, 0.25) is 0 Å². The van der Waals surface area contributed by atoms with Crippen molar-refractivity contribution in [1.29, 1.82) is 0 Å². The van der Waals surface area contributed by atoms with Crippen LogP contribution in [-0.4, -0.2) is 85.2 Å². The van der Waals surface area contributed by atoms with Gasteiger partial charge in [-0.15, -0.1) is 13.2 Å². The summed E-state index contributed by atoms with van der Waals surface area (Å²) >= 11 is 0. The first kappa shape index (κ1) is 23.0. The quantitative estimate of drug-likeness (QED) is 0.737. The number of halogens is 3. The molecule has 7 nitrogen and oxygen atoms in total. The molecule has 0 unspecified atom stereocenters. The predicted molar refractivity (Wildman–Crippen MR) is 103 cm³/mol. The van der Waals surface area contributed by atoms with E-state index in [-0.39, 0.29) is 30.2 Å².